The van der Waals surface area contributed by atoms with Crippen LogP contribution in [0.4, 0.5) is 0 Å². The van der Waals surface area contributed by atoms with Crippen LogP contribution in [-0.2, 0) is 15.8 Å². The average molecular weight is 477 g/mol. The number of phosphoric ester groups is 1. The Balaban J connectivity index is 1.69. The molecule has 0 amide bonds. The maximum atomic E-state index is 13.1. The Bertz CT molecular complexity index is 1270. The Morgan fingerprint density at radius 2 is 1.07 bits per heavy atom. The Morgan fingerprint density at radius 3 is 1.48 bits per heavy atom. The molecule has 0 saturated heterocycles. The standard InChI is InChI=1S/C20H15O7PSe/c21-28(27-29(22,23)24,25-19-11-9-15-5-1-3-7-17(15)13-19)26-20-12-10-16-6-2-4-8-18(16)14-20/h1-14H,(H,22,23,24). The molecule has 0 unspecified atom stereocenters. The summed E-state index contributed by atoms with van der Waals surface area (Å²) in [5, 5.41) is 3.37. The first-order chi connectivity index (χ1) is 13.8. The van der Waals surface area contributed by atoms with Crippen molar-refractivity contribution in [3.8, 4) is 11.5 Å². The van der Waals surface area contributed by atoms with Gasteiger partial charge in [0, 0.05) is 0 Å². The van der Waals surface area contributed by atoms with Crippen LogP contribution in [-0.4, -0.2) is 17.6 Å². The van der Waals surface area contributed by atoms with Crippen molar-refractivity contribution in [2.24, 2.45) is 0 Å². The topological polar surface area (TPSA) is 99.1 Å². The number of hydrogen-bond donors (Lipinski definition) is 1. The molecule has 0 saturated carbocycles. The van der Waals surface area contributed by atoms with Gasteiger partial charge in [0.1, 0.15) is 0 Å². The summed E-state index contributed by atoms with van der Waals surface area (Å²) in [5.74, 6) is 0.128. The summed E-state index contributed by atoms with van der Waals surface area (Å²) < 4.78 is 59.8. The van der Waals surface area contributed by atoms with Gasteiger partial charge in [-0.1, -0.05) is 0 Å². The Kier molecular flexibility index (Phi) is 5.13. The van der Waals surface area contributed by atoms with Crippen molar-refractivity contribution in [2.75, 3.05) is 0 Å². The molecular formula is C20H15O7PSe. The molecule has 0 aliphatic rings. The summed E-state index contributed by atoms with van der Waals surface area (Å²) in [4.78, 5) is 0. The fraction of sp³-hybridized carbons (Fsp3) is 0. The molecule has 0 heterocycles. The third-order valence-electron chi connectivity index (χ3n) is 4.06. The van der Waals surface area contributed by atoms with Crippen LogP contribution in [0.3, 0.4) is 0 Å². The Morgan fingerprint density at radius 1 is 0.655 bits per heavy atom. The molecule has 4 aromatic carbocycles. The molecule has 1 N–H and O–H groups in total. The van der Waals surface area contributed by atoms with Gasteiger partial charge >= 0.3 is 168 Å². The second-order valence-corrected chi connectivity index (χ2v) is 10.3. The molecule has 0 radical (unpaired) electrons. The number of benzene rings is 4. The summed E-state index contributed by atoms with van der Waals surface area (Å²) in [6, 6.07) is 24.3. The van der Waals surface area contributed by atoms with E-state index in [1.54, 1.807) is 24.3 Å². The average Bonchev–Trinajstić information content (AvgIpc) is 2.66. The van der Waals surface area contributed by atoms with Crippen LogP contribution in [0, 0.1) is 0 Å². The van der Waals surface area contributed by atoms with Gasteiger partial charge in [0.2, 0.25) is 0 Å². The number of fused-ring (bicyclic) bond motifs is 2. The van der Waals surface area contributed by atoms with Crippen LogP contribution < -0.4 is 9.05 Å². The number of phosphoric acid groups is 1. The van der Waals surface area contributed by atoms with Gasteiger partial charge in [-0.3, -0.25) is 0 Å². The molecule has 0 fully saturated rings. The van der Waals surface area contributed by atoms with E-state index in [0.29, 0.717) is 0 Å². The van der Waals surface area contributed by atoms with Gasteiger partial charge in [-0.15, -0.1) is 0 Å². The van der Waals surface area contributed by atoms with Crippen molar-refractivity contribution < 1.29 is 29.1 Å². The summed E-state index contributed by atoms with van der Waals surface area (Å²) in [7, 11) is -4.75. The van der Waals surface area contributed by atoms with Gasteiger partial charge in [0.15, 0.2) is 0 Å². The van der Waals surface area contributed by atoms with Crippen LogP contribution in [0.5, 0.6) is 11.5 Å². The van der Waals surface area contributed by atoms with Gasteiger partial charge in [0.25, 0.3) is 0 Å². The summed E-state index contributed by atoms with van der Waals surface area (Å²) in [6.45, 7) is 0. The first kappa shape index (κ1) is 19.6. The van der Waals surface area contributed by atoms with Crippen LogP contribution in [0.15, 0.2) is 84.9 Å². The molecule has 4 rings (SSSR count). The molecule has 0 spiro atoms. The van der Waals surface area contributed by atoms with E-state index < -0.39 is 21.2 Å². The number of rotatable bonds is 6. The summed E-state index contributed by atoms with van der Waals surface area (Å²) in [5.41, 5.74) is 0. The third-order valence-corrected chi connectivity index (χ3v) is 7.64. The van der Waals surface area contributed by atoms with E-state index in [4.69, 9.17) is 13.2 Å². The number of hydrogen-bond acceptors (Lipinski definition) is 6. The molecule has 148 valence electrons. The monoisotopic (exact) mass is 478 g/mol. The molecular weight excluding hydrogens is 462 g/mol. The van der Waals surface area contributed by atoms with E-state index in [2.05, 4.69) is 3.61 Å². The molecule has 29 heavy (non-hydrogen) atoms. The minimum absolute atomic E-state index is 0.0640. The predicted molar refractivity (Wildman–Crippen MR) is 107 cm³/mol. The summed E-state index contributed by atoms with van der Waals surface area (Å²) >= 11 is -5.91. The molecule has 0 aliphatic heterocycles. The molecule has 7 nitrogen and oxygen atoms in total. The first-order valence-electron chi connectivity index (χ1n) is 8.45. The van der Waals surface area contributed by atoms with E-state index in [9.17, 15) is 12.2 Å². The Labute approximate surface area is 168 Å². The second kappa shape index (κ2) is 7.59. The predicted octanol–water partition coefficient (Wildman–Crippen LogP) is 4.86. The normalized spacial score (nSPS) is 12.2. The van der Waals surface area contributed by atoms with Crippen LogP contribution >= 0.6 is 7.82 Å². The summed E-state index contributed by atoms with van der Waals surface area (Å²) in [6.07, 6.45) is 0. The van der Waals surface area contributed by atoms with Crippen molar-refractivity contribution in [3.63, 3.8) is 0 Å². The Hall–Kier alpha value is -2.73. The zero-order chi connectivity index (χ0) is 20.5. The quantitative estimate of drug-likeness (QED) is 0.313. The van der Waals surface area contributed by atoms with Gasteiger partial charge < -0.3 is 0 Å². The van der Waals surface area contributed by atoms with Gasteiger partial charge in [-0.2, -0.15) is 0 Å². The fourth-order valence-corrected chi connectivity index (χ4v) is 5.78. The molecule has 0 aromatic heterocycles. The van der Waals surface area contributed by atoms with Crippen LogP contribution in [0.1, 0.15) is 0 Å². The SMILES string of the molecule is O=P(Oc1ccc2ccccc2c1)(Oc1ccc2ccccc2c1)O[Se](=O)(=O)O. The van der Waals surface area contributed by atoms with Crippen molar-refractivity contribution in [1.82, 2.24) is 0 Å². The second-order valence-electron chi connectivity index (χ2n) is 6.15. The van der Waals surface area contributed by atoms with E-state index in [1.165, 1.54) is 12.1 Å². The van der Waals surface area contributed by atoms with Crippen LogP contribution in [0.2, 0.25) is 0 Å². The van der Waals surface area contributed by atoms with E-state index >= 15 is 0 Å². The fourth-order valence-electron chi connectivity index (χ4n) is 2.87. The van der Waals surface area contributed by atoms with Crippen molar-refractivity contribution >= 4 is 42.7 Å². The molecule has 0 bridgehead atoms. The van der Waals surface area contributed by atoms with Gasteiger partial charge in [-0.05, 0) is 0 Å². The molecule has 4 aromatic rings. The van der Waals surface area contributed by atoms with Crippen molar-refractivity contribution in [2.45, 2.75) is 0 Å². The zero-order valence-corrected chi connectivity index (χ0v) is 17.4. The third kappa shape index (κ3) is 4.82. The maximum absolute atomic E-state index is 13.1. The van der Waals surface area contributed by atoms with Crippen LogP contribution in [0.25, 0.3) is 21.5 Å². The van der Waals surface area contributed by atoms with Crippen molar-refractivity contribution in [1.29, 1.82) is 0 Å². The van der Waals surface area contributed by atoms with E-state index in [0.717, 1.165) is 21.5 Å². The van der Waals surface area contributed by atoms with E-state index in [1.807, 2.05) is 48.5 Å². The molecule has 0 atom stereocenters. The van der Waals surface area contributed by atoms with Gasteiger partial charge in [0.05, 0.1) is 0 Å². The van der Waals surface area contributed by atoms with Gasteiger partial charge in [-0.25, -0.2) is 0 Å². The zero-order valence-electron chi connectivity index (χ0n) is 14.8. The molecule has 9 heteroatoms. The minimum atomic E-state index is -5.91. The van der Waals surface area contributed by atoms with Crippen molar-refractivity contribution in [3.05, 3.63) is 84.9 Å². The first-order valence-corrected chi connectivity index (χ1v) is 12.8. The molecule has 0 aliphatic carbocycles. The van der Waals surface area contributed by atoms with E-state index in [-0.39, 0.29) is 11.5 Å².